The van der Waals surface area contributed by atoms with E-state index in [4.69, 9.17) is 20.3 Å². The third-order valence-corrected chi connectivity index (χ3v) is 5.01. The second-order valence-corrected chi connectivity index (χ2v) is 7.75. The van der Waals surface area contributed by atoms with Crippen LogP contribution in [0.4, 0.5) is 0 Å². The number of fused-ring (bicyclic) bond motifs is 1. The fraction of sp³-hybridized carbons (Fsp3) is 0.250. The Balaban J connectivity index is 1.84. The third-order valence-electron chi connectivity index (χ3n) is 5.01. The van der Waals surface area contributed by atoms with Crippen molar-refractivity contribution in [2.45, 2.75) is 26.7 Å². The molecule has 1 atom stereocenters. The SMILES string of the molecule is Cc1nn(-c2ccccc2)c2c1C(c1cccc(OCC(C)C)c1)C(C#N)=C(N)O2. The van der Waals surface area contributed by atoms with Crippen LogP contribution in [0.25, 0.3) is 5.69 Å². The molecule has 6 nitrogen and oxygen atoms in total. The van der Waals surface area contributed by atoms with Crippen LogP contribution in [0.2, 0.25) is 0 Å². The van der Waals surface area contributed by atoms with Gasteiger partial charge in [0.2, 0.25) is 11.8 Å². The maximum atomic E-state index is 9.85. The van der Waals surface area contributed by atoms with Gasteiger partial charge < -0.3 is 15.2 Å². The van der Waals surface area contributed by atoms with E-state index in [0.717, 1.165) is 28.3 Å². The minimum atomic E-state index is -0.376. The summed E-state index contributed by atoms with van der Waals surface area (Å²) in [6.07, 6.45) is 0. The second kappa shape index (κ2) is 7.96. The summed E-state index contributed by atoms with van der Waals surface area (Å²) in [6, 6.07) is 19.8. The molecule has 3 aromatic rings. The van der Waals surface area contributed by atoms with Gasteiger partial charge in [0.05, 0.1) is 29.5 Å². The first-order valence-corrected chi connectivity index (χ1v) is 9.95. The lowest BCUT2D eigenvalue weighted by molar-refractivity contribution is 0.271. The van der Waals surface area contributed by atoms with Gasteiger partial charge in [0.1, 0.15) is 17.4 Å². The van der Waals surface area contributed by atoms with Gasteiger partial charge in [-0.15, -0.1) is 0 Å². The van der Waals surface area contributed by atoms with Crippen molar-refractivity contribution in [2.75, 3.05) is 6.61 Å². The van der Waals surface area contributed by atoms with Crippen LogP contribution in [0.1, 0.15) is 36.6 Å². The molecular formula is C24H24N4O2. The number of hydrogen-bond donors (Lipinski definition) is 1. The molecular weight excluding hydrogens is 376 g/mol. The van der Waals surface area contributed by atoms with E-state index in [2.05, 4.69) is 19.9 Å². The molecule has 0 radical (unpaired) electrons. The zero-order chi connectivity index (χ0) is 21.3. The zero-order valence-electron chi connectivity index (χ0n) is 17.3. The lowest BCUT2D eigenvalue weighted by Crippen LogP contribution is -2.22. The average molecular weight is 400 g/mol. The number of aromatic nitrogens is 2. The van der Waals surface area contributed by atoms with Crippen LogP contribution >= 0.6 is 0 Å². The maximum absolute atomic E-state index is 9.85. The van der Waals surface area contributed by atoms with E-state index in [1.54, 1.807) is 4.68 Å². The number of aryl methyl sites for hydroxylation is 1. The largest absolute Gasteiger partial charge is 0.493 e. The average Bonchev–Trinajstić information content (AvgIpc) is 3.08. The molecule has 2 N–H and O–H groups in total. The van der Waals surface area contributed by atoms with Crippen molar-refractivity contribution < 1.29 is 9.47 Å². The molecule has 2 aromatic carbocycles. The number of allylic oxidation sites excluding steroid dienone is 1. The molecule has 1 aromatic heterocycles. The molecule has 0 amide bonds. The molecule has 2 heterocycles. The van der Waals surface area contributed by atoms with Crippen molar-refractivity contribution in [1.82, 2.24) is 9.78 Å². The maximum Gasteiger partial charge on any atom is 0.229 e. The molecule has 0 aliphatic carbocycles. The molecule has 0 saturated heterocycles. The van der Waals surface area contributed by atoms with Crippen LogP contribution in [-0.2, 0) is 0 Å². The number of hydrogen-bond acceptors (Lipinski definition) is 5. The molecule has 1 aliphatic rings. The van der Waals surface area contributed by atoms with Gasteiger partial charge in [-0.25, -0.2) is 4.68 Å². The molecule has 0 fully saturated rings. The van der Waals surface area contributed by atoms with Crippen molar-refractivity contribution in [2.24, 2.45) is 11.7 Å². The van der Waals surface area contributed by atoms with Gasteiger partial charge in [0.25, 0.3) is 0 Å². The van der Waals surface area contributed by atoms with Gasteiger partial charge in [-0.05, 0) is 42.7 Å². The molecule has 0 bridgehead atoms. The molecule has 6 heteroatoms. The fourth-order valence-electron chi connectivity index (χ4n) is 3.64. The first-order valence-electron chi connectivity index (χ1n) is 9.95. The molecule has 4 rings (SSSR count). The van der Waals surface area contributed by atoms with E-state index in [9.17, 15) is 5.26 Å². The van der Waals surface area contributed by atoms with Gasteiger partial charge in [-0.1, -0.05) is 44.2 Å². The number of rotatable bonds is 5. The summed E-state index contributed by atoms with van der Waals surface area (Å²) < 4.78 is 13.5. The van der Waals surface area contributed by atoms with Crippen molar-refractivity contribution in [1.29, 1.82) is 5.26 Å². The van der Waals surface area contributed by atoms with Crippen LogP contribution in [0.15, 0.2) is 66.1 Å². The number of nitriles is 1. The van der Waals surface area contributed by atoms with Crippen LogP contribution in [0.3, 0.4) is 0 Å². The Morgan fingerprint density at radius 2 is 1.97 bits per heavy atom. The Morgan fingerprint density at radius 1 is 1.20 bits per heavy atom. The highest BCUT2D eigenvalue weighted by Gasteiger charge is 2.36. The summed E-state index contributed by atoms with van der Waals surface area (Å²) in [5.74, 6) is 1.44. The van der Waals surface area contributed by atoms with E-state index in [1.165, 1.54) is 0 Å². The lowest BCUT2D eigenvalue weighted by Gasteiger charge is -2.25. The summed E-state index contributed by atoms with van der Waals surface area (Å²) in [7, 11) is 0. The topological polar surface area (TPSA) is 86.1 Å². The number of benzene rings is 2. The van der Waals surface area contributed by atoms with Gasteiger partial charge in [-0.2, -0.15) is 10.4 Å². The van der Waals surface area contributed by atoms with E-state index in [-0.39, 0.29) is 11.8 Å². The minimum absolute atomic E-state index is 0.0978. The highest BCUT2D eigenvalue weighted by molar-refractivity contribution is 5.57. The number of ether oxygens (including phenoxy) is 2. The molecule has 1 unspecified atom stereocenters. The van der Waals surface area contributed by atoms with Gasteiger partial charge in [-0.3, -0.25) is 0 Å². The Labute approximate surface area is 176 Å². The molecule has 1 aliphatic heterocycles. The second-order valence-electron chi connectivity index (χ2n) is 7.75. The van der Waals surface area contributed by atoms with Crippen molar-refractivity contribution in [3.8, 4) is 23.4 Å². The minimum Gasteiger partial charge on any atom is -0.493 e. The summed E-state index contributed by atoms with van der Waals surface area (Å²) in [5.41, 5.74) is 9.96. The first-order chi connectivity index (χ1) is 14.5. The van der Waals surface area contributed by atoms with Crippen LogP contribution in [0.5, 0.6) is 11.6 Å². The number of nitrogens with two attached hydrogens (primary N) is 1. The number of para-hydroxylation sites is 1. The Kier molecular flexibility index (Phi) is 5.20. The predicted molar refractivity (Wildman–Crippen MR) is 114 cm³/mol. The standard InChI is InChI=1S/C24H24N4O2/c1-15(2)14-29-19-11-7-8-17(12-19)22-20(13-25)23(26)30-24-21(22)16(3)27-28(24)18-9-5-4-6-10-18/h4-12,15,22H,14,26H2,1-3H3. The summed E-state index contributed by atoms with van der Waals surface area (Å²) in [4.78, 5) is 0. The summed E-state index contributed by atoms with van der Waals surface area (Å²) >= 11 is 0. The molecule has 30 heavy (non-hydrogen) atoms. The molecule has 152 valence electrons. The van der Waals surface area contributed by atoms with Crippen molar-refractivity contribution in [3.05, 3.63) is 82.9 Å². The van der Waals surface area contributed by atoms with Crippen molar-refractivity contribution in [3.63, 3.8) is 0 Å². The zero-order valence-corrected chi connectivity index (χ0v) is 17.3. The third kappa shape index (κ3) is 3.50. The molecule has 0 spiro atoms. The van der Waals surface area contributed by atoms with E-state index in [0.29, 0.717) is 24.0 Å². The number of nitrogens with zero attached hydrogens (tertiary/aromatic N) is 3. The van der Waals surface area contributed by atoms with E-state index >= 15 is 0 Å². The van der Waals surface area contributed by atoms with E-state index < -0.39 is 0 Å². The van der Waals surface area contributed by atoms with E-state index in [1.807, 2.05) is 61.5 Å². The smallest absolute Gasteiger partial charge is 0.229 e. The van der Waals surface area contributed by atoms with Crippen LogP contribution in [0, 0.1) is 24.2 Å². The highest BCUT2D eigenvalue weighted by Crippen LogP contribution is 2.45. The quantitative estimate of drug-likeness (QED) is 0.684. The molecule has 0 saturated carbocycles. The summed E-state index contributed by atoms with van der Waals surface area (Å²) in [5, 5.41) is 14.5. The van der Waals surface area contributed by atoms with Crippen LogP contribution < -0.4 is 15.2 Å². The Morgan fingerprint density at radius 3 is 2.67 bits per heavy atom. The monoisotopic (exact) mass is 400 g/mol. The van der Waals surface area contributed by atoms with Gasteiger partial charge >= 0.3 is 0 Å². The van der Waals surface area contributed by atoms with Gasteiger partial charge in [0, 0.05) is 0 Å². The fourth-order valence-corrected chi connectivity index (χ4v) is 3.64. The van der Waals surface area contributed by atoms with Crippen molar-refractivity contribution >= 4 is 0 Å². The lowest BCUT2D eigenvalue weighted by atomic mass is 9.84. The first kappa shape index (κ1) is 19.6. The Hall–Kier alpha value is -3.72. The van der Waals surface area contributed by atoms with Gasteiger partial charge in [0.15, 0.2) is 0 Å². The highest BCUT2D eigenvalue weighted by atomic mass is 16.5. The Bertz CT molecular complexity index is 1140. The normalized spacial score (nSPS) is 15.5. The van der Waals surface area contributed by atoms with Crippen LogP contribution in [-0.4, -0.2) is 16.4 Å². The predicted octanol–water partition coefficient (Wildman–Crippen LogP) is 4.43. The summed E-state index contributed by atoms with van der Waals surface area (Å²) in [6.45, 7) is 6.75.